The molecule has 0 saturated carbocycles. The van der Waals surface area contributed by atoms with E-state index in [0.29, 0.717) is 6.04 Å². The second-order valence-electron chi connectivity index (χ2n) is 6.80. The molecule has 1 aromatic carbocycles. The third-order valence-electron chi connectivity index (χ3n) is 4.59. The van der Waals surface area contributed by atoms with Gasteiger partial charge in [0, 0.05) is 50.5 Å². The molecular weight excluding hydrogens is 334 g/mol. The van der Waals surface area contributed by atoms with Crippen LogP contribution in [0.4, 0.5) is 0 Å². The first-order chi connectivity index (χ1) is 13.2. The van der Waals surface area contributed by atoms with Crippen LogP contribution in [0.3, 0.4) is 0 Å². The molecule has 0 aliphatic heterocycles. The van der Waals surface area contributed by atoms with E-state index in [-0.39, 0.29) is 0 Å². The summed E-state index contributed by atoms with van der Waals surface area (Å²) in [6.07, 6.45) is 3.75. The van der Waals surface area contributed by atoms with Crippen molar-refractivity contribution in [2.24, 2.45) is 4.99 Å². The minimum Gasteiger partial charge on any atom is -0.357 e. The number of guanidine groups is 1. The first-order valence-corrected chi connectivity index (χ1v) is 9.85. The molecule has 1 atom stereocenters. The van der Waals surface area contributed by atoms with E-state index in [1.54, 1.807) is 0 Å². The van der Waals surface area contributed by atoms with Crippen molar-refractivity contribution in [3.63, 3.8) is 0 Å². The Hall–Kier alpha value is -2.40. The summed E-state index contributed by atoms with van der Waals surface area (Å²) >= 11 is 0. The molecule has 0 aliphatic rings. The van der Waals surface area contributed by atoms with Gasteiger partial charge in [0.1, 0.15) is 0 Å². The van der Waals surface area contributed by atoms with Gasteiger partial charge in [-0.1, -0.05) is 36.4 Å². The number of benzene rings is 1. The fraction of sp³-hybridized carbons (Fsp3) is 0.455. The SMILES string of the molecule is CCNC(=NCCC(C)N(C)Cc1ccccc1)NCCc1ccccn1. The number of pyridine rings is 1. The van der Waals surface area contributed by atoms with Gasteiger partial charge in [-0.05, 0) is 45.0 Å². The third-order valence-corrected chi connectivity index (χ3v) is 4.59. The summed E-state index contributed by atoms with van der Waals surface area (Å²) in [6, 6.07) is 17.1. The lowest BCUT2D eigenvalue weighted by molar-refractivity contribution is 0.240. The van der Waals surface area contributed by atoms with Gasteiger partial charge in [-0.15, -0.1) is 0 Å². The maximum Gasteiger partial charge on any atom is 0.191 e. The van der Waals surface area contributed by atoms with Crippen LogP contribution in [-0.4, -0.2) is 48.6 Å². The van der Waals surface area contributed by atoms with Crippen molar-refractivity contribution in [3.05, 3.63) is 66.0 Å². The zero-order valence-corrected chi connectivity index (χ0v) is 16.9. The van der Waals surface area contributed by atoms with Crippen molar-refractivity contribution in [3.8, 4) is 0 Å². The minimum absolute atomic E-state index is 0.477. The molecule has 0 radical (unpaired) electrons. The lowest BCUT2D eigenvalue weighted by atomic mass is 10.1. The molecule has 1 unspecified atom stereocenters. The first-order valence-electron chi connectivity index (χ1n) is 9.85. The van der Waals surface area contributed by atoms with Crippen molar-refractivity contribution in [1.82, 2.24) is 20.5 Å². The molecule has 146 valence electrons. The van der Waals surface area contributed by atoms with Gasteiger partial charge in [-0.3, -0.25) is 14.9 Å². The van der Waals surface area contributed by atoms with Crippen LogP contribution < -0.4 is 10.6 Å². The Morgan fingerprint density at radius 1 is 1.11 bits per heavy atom. The number of nitrogens with zero attached hydrogens (tertiary/aromatic N) is 3. The Bertz CT molecular complexity index is 657. The van der Waals surface area contributed by atoms with Crippen molar-refractivity contribution in [2.45, 2.75) is 39.3 Å². The fourth-order valence-corrected chi connectivity index (χ4v) is 2.81. The van der Waals surface area contributed by atoms with E-state index >= 15 is 0 Å². The molecule has 2 N–H and O–H groups in total. The Morgan fingerprint density at radius 3 is 2.59 bits per heavy atom. The van der Waals surface area contributed by atoms with Gasteiger partial charge in [0.05, 0.1) is 0 Å². The quantitative estimate of drug-likeness (QED) is 0.500. The molecule has 27 heavy (non-hydrogen) atoms. The smallest absolute Gasteiger partial charge is 0.191 e. The average molecular weight is 368 g/mol. The lowest BCUT2D eigenvalue weighted by Gasteiger charge is -2.24. The van der Waals surface area contributed by atoms with E-state index in [1.807, 2.05) is 18.3 Å². The number of aliphatic imine (C=N–C) groups is 1. The summed E-state index contributed by atoms with van der Waals surface area (Å²) in [7, 11) is 2.18. The molecule has 0 spiro atoms. The molecule has 1 aromatic heterocycles. The van der Waals surface area contributed by atoms with Crippen LogP contribution in [0.1, 0.15) is 31.5 Å². The number of nitrogens with one attached hydrogen (secondary N) is 2. The lowest BCUT2D eigenvalue weighted by Crippen LogP contribution is -2.38. The molecule has 0 saturated heterocycles. The molecule has 5 nitrogen and oxygen atoms in total. The highest BCUT2D eigenvalue weighted by Crippen LogP contribution is 2.08. The van der Waals surface area contributed by atoms with Crippen molar-refractivity contribution < 1.29 is 0 Å². The Labute approximate surface area is 163 Å². The van der Waals surface area contributed by atoms with Crippen molar-refractivity contribution >= 4 is 5.96 Å². The van der Waals surface area contributed by atoms with Crippen LogP contribution >= 0.6 is 0 Å². The molecule has 0 aliphatic carbocycles. The number of rotatable bonds is 10. The van der Waals surface area contributed by atoms with Gasteiger partial charge in [0.25, 0.3) is 0 Å². The highest BCUT2D eigenvalue weighted by molar-refractivity contribution is 5.79. The van der Waals surface area contributed by atoms with E-state index in [4.69, 9.17) is 4.99 Å². The van der Waals surface area contributed by atoms with Crippen molar-refractivity contribution in [1.29, 1.82) is 0 Å². The van der Waals surface area contributed by atoms with Gasteiger partial charge in [-0.2, -0.15) is 0 Å². The number of hydrogen-bond donors (Lipinski definition) is 2. The highest BCUT2D eigenvalue weighted by Gasteiger charge is 2.09. The van der Waals surface area contributed by atoms with Crippen LogP contribution in [0.25, 0.3) is 0 Å². The van der Waals surface area contributed by atoms with Crippen molar-refractivity contribution in [2.75, 3.05) is 26.7 Å². The summed E-state index contributed by atoms with van der Waals surface area (Å²) in [5, 5.41) is 6.71. The summed E-state index contributed by atoms with van der Waals surface area (Å²) < 4.78 is 0. The summed E-state index contributed by atoms with van der Waals surface area (Å²) in [4.78, 5) is 11.5. The highest BCUT2D eigenvalue weighted by atomic mass is 15.2. The zero-order chi connectivity index (χ0) is 19.3. The van der Waals surface area contributed by atoms with E-state index < -0.39 is 0 Å². The van der Waals surface area contributed by atoms with Gasteiger partial charge in [-0.25, -0.2) is 0 Å². The Morgan fingerprint density at radius 2 is 1.89 bits per heavy atom. The standard InChI is InChI=1S/C22H33N5/c1-4-23-22(26-17-14-21-12-8-9-15-24-21)25-16-13-19(2)27(3)18-20-10-6-5-7-11-20/h5-12,15,19H,4,13-14,16-18H2,1-3H3,(H2,23,25,26). The molecule has 0 fully saturated rings. The molecular formula is C22H33N5. The minimum atomic E-state index is 0.477. The second kappa shape index (κ2) is 12.1. The van der Waals surface area contributed by atoms with Crippen LogP contribution in [-0.2, 0) is 13.0 Å². The van der Waals surface area contributed by atoms with Crippen LogP contribution in [0.5, 0.6) is 0 Å². The van der Waals surface area contributed by atoms with E-state index in [9.17, 15) is 0 Å². The maximum absolute atomic E-state index is 4.72. The van der Waals surface area contributed by atoms with Crippen LogP contribution in [0.15, 0.2) is 59.7 Å². The average Bonchev–Trinajstić information content (AvgIpc) is 2.69. The zero-order valence-electron chi connectivity index (χ0n) is 16.9. The molecule has 2 aromatic rings. The summed E-state index contributed by atoms with van der Waals surface area (Å²) in [5.74, 6) is 0.881. The topological polar surface area (TPSA) is 52.6 Å². The Balaban J connectivity index is 1.74. The largest absolute Gasteiger partial charge is 0.357 e. The number of aromatic nitrogens is 1. The molecule has 0 amide bonds. The third kappa shape index (κ3) is 8.22. The number of hydrogen-bond acceptors (Lipinski definition) is 3. The maximum atomic E-state index is 4.72. The van der Waals surface area contributed by atoms with Gasteiger partial charge in [0.15, 0.2) is 5.96 Å². The molecule has 2 rings (SSSR count). The predicted octanol–water partition coefficient (Wildman–Crippen LogP) is 3.09. The Kier molecular flexibility index (Phi) is 9.35. The van der Waals surface area contributed by atoms with E-state index in [2.05, 4.69) is 77.8 Å². The van der Waals surface area contributed by atoms with Gasteiger partial charge >= 0.3 is 0 Å². The summed E-state index contributed by atoms with van der Waals surface area (Å²) in [6.45, 7) is 7.81. The summed E-state index contributed by atoms with van der Waals surface area (Å²) in [5.41, 5.74) is 2.44. The van der Waals surface area contributed by atoms with Gasteiger partial charge in [0.2, 0.25) is 0 Å². The monoisotopic (exact) mass is 367 g/mol. The first kappa shape index (κ1) is 20.9. The van der Waals surface area contributed by atoms with E-state index in [1.165, 1.54) is 5.56 Å². The van der Waals surface area contributed by atoms with Crippen LogP contribution in [0, 0.1) is 0 Å². The van der Waals surface area contributed by atoms with Crippen LogP contribution in [0.2, 0.25) is 0 Å². The van der Waals surface area contributed by atoms with Gasteiger partial charge < -0.3 is 10.6 Å². The normalized spacial score (nSPS) is 12.8. The molecule has 5 heteroatoms. The molecule has 1 heterocycles. The fourth-order valence-electron chi connectivity index (χ4n) is 2.81. The molecule has 0 bridgehead atoms. The second-order valence-corrected chi connectivity index (χ2v) is 6.80. The van der Waals surface area contributed by atoms with E-state index in [0.717, 1.165) is 50.7 Å². The predicted molar refractivity (Wildman–Crippen MR) is 114 cm³/mol.